The number of halogens is 1. The monoisotopic (exact) mass is 419 g/mol. The van der Waals surface area contributed by atoms with Crippen LogP contribution in [-0.2, 0) is 0 Å². The van der Waals surface area contributed by atoms with E-state index in [1.54, 1.807) is 18.3 Å². The van der Waals surface area contributed by atoms with Gasteiger partial charge < -0.3 is 4.74 Å². The number of benzene rings is 1. The van der Waals surface area contributed by atoms with Gasteiger partial charge in [0.05, 0.1) is 41.2 Å². The second kappa shape index (κ2) is 7.46. The van der Waals surface area contributed by atoms with E-state index < -0.39 is 5.82 Å². The molecule has 30 heavy (non-hydrogen) atoms. The molecule has 1 aliphatic heterocycles. The number of amidine groups is 1. The highest BCUT2D eigenvalue weighted by Gasteiger charge is 2.26. The number of nitrogens with zero attached hydrogens (tertiary/aromatic N) is 5. The third kappa shape index (κ3) is 3.00. The second-order valence-electron chi connectivity index (χ2n) is 6.71. The molecule has 4 aromatic rings. The first-order chi connectivity index (χ1) is 14.7. The van der Waals surface area contributed by atoms with Gasteiger partial charge in [0.2, 0.25) is 0 Å². The number of aromatic nitrogens is 3. The molecular weight excluding hydrogens is 401 g/mol. The van der Waals surface area contributed by atoms with Crippen LogP contribution < -0.4 is 4.74 Å². The SMILES string of the molecule is CCOc1cccc(F)c1-c1nc(-c2c(C)nn3ccccc23)sc1C1=NCC=N1. The number of hydrogen-bond acceptors (Lipinski definition) is 6. The minimum absolute atomic E-state index is 0.329. The van der Waals surface area contributed by atoms with Crippen LogP contribution in [-0.4, -0.2) is 39.8 Å². The first kappa shape index (κ1) is 18.6. The van der Waals surface area contributed by atoms with Crippen molar-refractivity contribution in [1.82, 2.24) is 14.6 Å². The Morgan fingerprint density at radius 1 is 1.17 bits per heavy atom. The molecule has 4 heterocycles. The van der Waals surface area contributed by atoms with Gasteiger partial charge in [-0.1, -0.05) is 12.1 Å². The van der Waals surface area contributed by atoms with E-state index in [0.717, 1.165) is 26.7 Å². The van der Waals surface area contributed by atoms with Gasteiger partial charge in [0.1, 0.15) is 21.5 Å². The summed E-state index contributed by atoms with van der Waals surface area (Å²) in [5.41, 5.74) is 3.53. The highest BCUT2D eigenvalue weighted by Crippen LogP contribution is 2.41. The predicted molar refractivity (Wildman–Crippen MR) is 117 cm³/mol. The number of ether oxygens (including phenoxy) is 1. The van der Waals surface area contributed by atoms with Crippen molar-refractivity contribution in [1.29, 1.82) is 0 Å². The number of thiazole rings is 1. The van der Waals surface area contributed by atoms with E-state index in [9.17, 15) is 4.39 Å². The molecule has 6 nitrogen and oxygen atoms in total. The summed E-state index contributed by atoms with van der Waals surface area (Å²) in [7, 11) is 0. The second-order valence-corrected chi connectivity index (χ2v) is 7.71. The van der Waals surface area contributed by atoms with Crippen LogP contribution in [0.5, 0.6) is 5.75 Å². The van der Waals surface area contributed by atoms with Crippen molar-refractivity contribution in [2.24, 2.45) is 9.98 Å². The summed E-state index contributed by atoms with van der Waals surface area (Å²) in [6, 6.07) is 10.7. The van der Waals surface area contributed by atoms with Gasteiger partial charge in [-0.15, -0.1) is 11.3 Å². The molecule has 1 aliphatic rings. The lowest BCUT2D eigenvalue weighted by molar-refractivity contribution is 0.340. The molecule has 0 saturated heterocycles. The van der Waals surface area contributed by atoms with E-state index >= 15 is 0 Å². The van der Waals surface area contributed by atoms with Crippen LogP contribution in [0.25, 0.3) is 27.3 Å². The Hall–Kier alpha value is -3.39. The molecule has 1 aromatic carbocycles. The number of fused-ring (bicyclic) bond motifs is 1. The van der Waals surface area contributed by atoms with Gasteiger partial charge in [0, 0.05) is 12.4 Å². The third-order valence-corrected chi connectivity index (χ3v) is 5.88. The highest BCUT2D eigenvalue weighted by atomic mass is 32.1. The summed E-state index contributed by atoms with van der Waals surface area (Å²) >= 11 is 1.44. The van der Waals surface area contributed by atoms with Gasteiger partial charge in [-0.3, -0.25) is 4.99 Å². The molecule has 0 N–H and O–H groups in total. The van der Waals surface area contributed by atoms with Crippen LogP contribution in [0.15, 0.2) is 52.6 Å². The van der Waals surface area contributed by atoms with Crippen molar-refractivity contribution in [2.45, 2.75) is 13.8 Å². The lowest BCUT2D eigenvalue weighted by Gasteiger charge is -2.10. The third-order valence-electron chi connectivity index (χ3n) is 4.81. The Kier molecular flexibility index (Phi) is 4.63. The van der Waals surface area contributed by atoms with Crippen LogP contribution in [0.2, 0.25) is 0 Å². The van der Waals surface area contributed by atoms with Gasteiger partial charge in [-0.25, -0.2) is 18.9 Å². The fourth-order valence-corrected chi connectivity index (χ4v) is 4.70. The summed E-state index contributed by atoms with van der Waals surface area (Å²) in [5.74, 6) is 0.626. The van der Waals surface area contributed by atoms with E-state index in [2.05, 4.69) is 15.1 Å². The van der Waals surface area contributed by atoms with Gasteiger partial charge in [0.15, 0.2) is 5.84 Å². The van der Waals surface area contributed by atoms with Crippen molar-refractivity contribution < 1.29 is 9.13 Å². The van der Waals surface area contributed by atoms with Crippen molar-refractivity contribution in [3.63, 3.8) is 0 Å². The smallest absolute Gasteiger partial charge is 0.167 e. The summed E-state index contributed by atoms with van der Waals surface area (Å²) in [5, 5.41) is 5.33. The molecule has 0 amide bonds. The lowest BCUT2D eigenvalue weighted by Crippen LogP contribution is -2.00. The molecule has 8 heteroatoms. The zero-order chi connectivity index (χ0) is 20.7. The molecule has 150 valence electrons. The molecule has 0 aliphatic carbocycles. The average Bonchev–Trinajstić information content (AvgIpc) is 3.45. The van der Waals surface area contributed by atoms with Crippen LogP contribution in [0.1, 0.15) is 17.5 Å². The Morgan fingerprint density at radius 2 is 2.07 bits per heavy atom. The van der Waals surface area contributed by atoms with E-state index in [1.807, 2.05) is 42.8 Å². The normalized spacial score (nSPS) is 13.2. The van der Waals surface area contributed by atoms with Crippen molar-refractivity contribution >= 4 is 28.9 Å². The van der Waals surface area contributed by atoms with Crippen molar-refractivity contribution in [2.75, 3.05) is 13.2 Å². The number of pyridine rings is 1. The van der Waals surface area contributed by atoms with Gasteiger partial charge in [-0.2, -0.15) is 5.10 Å². The van der Waals surface area contributed by atoms with Gasteiger partial charge >= 0.3 is 0 Å². The van der Waals surface area contributed by atoms with Crippen LogP contribution in [0, 0.1) is 12.7 Å². The van der Waals surface area contributed by atoms with Gasteiger partial charge in [0.25, 0.3) is 0 Å². The Morgan fingerprint density at radius 3 is 2.87 bits per heavy atom. The first-order valence-electron chi connectivity index (χ1n) is 9.61. The molecule has 0 saturated carbocycles. The highest BCUT2D eigenvalue weighted by molar-refractivity contribution is 7.17. The van der Waals surface area contributed by atoms with Crippen LogP contribution in [0.3, 0.4) is 0 Å². The van der Waals surface area contributed by atoms with E-state index in [-0.39, 0.29) is 0 Å². The standard InChI is InChI=1S/C22H18FN5OS/c1-3-29-16-9-6-7-14(23)18(16)19-20(21-24-10-11-25-21)30-22(26-19)17-13(2)27-28-12-5-4-8-15(17)28/h4-10,12H,3,11H2,1-2H3. The van der Waals surface area contributed by atoms with Crippen LogP contribution in [0.4, 0.5) is 4.39 Å². The Bertz CT molecular complexity index is 1320. The molecule has 3 aromatic heterocycles. The molecule has 0 unspecified atom stereocenters. The van der Waals surface area contributed by atoms with E-state index in [1.165, 1.54) is 17.4 Å². The molecule has 0 atom stereocenters. The van der Waals surface area contributed by atoms with Crippen LogP contribution >= 0.6 is 11.3 Å². The van der Waals surface area contributed by atoms with E-state index in [0.29, 0.717) is 36.0 Å². The Labute approximate surface area is 176 Å². The summed E-state index contributed by atoms with van der Waals surface area (Å²) in [6.07, 6.45) is 3.64. The maximum atomic E-state index is 15.0. The first-order valence-corrected chi connectivity index (χ1v) is 10.4. The maximum Gasteiger partial charge on any atom is 0.167 e. The van der Waals surface area contributed by atoms with Crippen molar-refractivity contribution in [3.8, 4) is 27.6 Å². The zero-order valence-corrected chi connectivity index (χ0v) is 17.3. The predicted octanol–water partition coefficient (Wildman–Crippen LogP) is 4.80. The molecule has 0 fully saturated rings. The average molecular weight is 419 g/mol. The van der Waals surface area contributed by atoms with E-state index in [4.69, 9.17) is 9.72 Å². The topological polar surface area (TPSA) is 64.1 Å². The Balaban J connectivity index is 1.78. The summed E-state index contributed by atoms with van der Waals surface area (Å²) in [4.78, 5) is 14.4. The summed E-state index contributed by atoms with van der Waals surface area (Å²) in [6.45, 7) is 4.75. The quantitative estimate of drug-likeness (QED) is 0.467. The lowest BCUT2D eigenvalue weighted by atomic mass is 10.1. The zero-order valence-electron chi connectivity index (χ0n) is 16.5. The fourth-order valence-electron chi connectivity index (χ4n) is 3.56. The largest absolute Gasteiger partial charge is 0.493 e. The molecule has 0 bridgehead atoms. The number of hydrogen-bond donors (Lipinski definition) is 0. The fraction of sp³-hybridized carbons (Fsp3) is 0.182. The van der Waals surface area contributed by atoms with Crippen molar-refractivity contribution in [3.05, 3.63) is 59.0 Å². The number of aryl methyl sites for hydroxylation is 1. The summed E-state index contributed by atoms with van der Waals surface area (Å²) < 4.78 is 22.5. The molecule has 0 spiro atoms. The molecule has 0 radical (unpaired) electrons. The maximum absolute atomic E-state index is 15.0. The minimum Gasteiger partial charge on any atom is -0.493 e. The number of rotatable bonds is 5. The van der Waals surface area contributed by atoms with Gasteiger partial charge in [-0.05, 0) is 38.1 Å². The minimum atomic E-state index is -0.391. The molecular formula is C22H18FN5OS. The molecule has 5 rings (SSSR count). The number of aliphatic imine (C=N–C) groups is 2.